The second kappa shape index (κ2) is 10.0. The molecule has 0 radical (unpaired) electrons. The summed E-state index contributed by atoms with van der Waals surface area (Å²) < 4.78 is 70.2. The normalized spacial score (nSPS) is 17.8. The molecule has 0 amide bonds. The molecule has 12 heteroatoms. The molecule has 1 aliphatic rings. The number of alkyl halides is 3. The monoisotopic (exact) mass is 449 g/mol. The van der Waals surface area contributed by atoms with Crippen LogP contribution in [0.1, 0.15) is 5.56 Å². The zero-order valence-corrected chi connectivity index (χ0v) is 16.9. The minimum atomic E-state index is -4.28. The molecule has 166 valence electrons. The fraction of sp³-hybridized carbons (Fsp3) is 0.444. The molecule has 2 heterocycles. The summed E-state index contributed by atoms with van der Waals surface area (Å²) in [4.78, 5) is 12.6. The average molecular weight is 449 g/mol. The maximum Gasteiger partial charge on any atom is 0.393 e. The lowest BCUT2D eigenvalue weighted by Gasteiger charge is -2.31. The molecule has 0 bridgehead atoms. The minimum absolute atomic E-state index is 0.159. The van der Waals surface area contributed by atoms with Crippen LogP contribution in [-0.4, -0.2) is 72.1 Å². The molecular weight excluding hydrogens is 427 g/mol. The van der Waals surface area contributed by atoms with Gasteiger partial charge in [0.1, 0.15) is 5.82 Å². The molecule has 0 saturated carbocycles. The van der Waals surface area contributed by atoms with Gasteiger partial charge in [0.2, 0.25) is 10.0 Å². The van der Waals surface area contributed by atoms with Gasteiger partial charge >= 0.3 is 6.18 Å². The summed E-state index contributed by atoms with van der Waals surface area (Å²) in [6.07, 6.45) is -1.23. The Morgan fingerprint density at radius 1 is 1.37 bits per heavy atom. The summed E-state index contributed by atoms with van der Waals surface area (Å²) in [5.41, 5.74) is 0.726. The van der Waals surface area contributed by atoms with Gasteiger partial charge in [-0.05, 0) is 11.6 Å². The quantitative estimate of drug-likeness (QED) is 0.701. The Labute approximate surface area is 171 Å². The van der Waals surface area contributed by atoms with Crippen molar-refractivity contribution >= 4 is 16.5 Å². The van der Waals surface area contributed by atoms with Crippen molar-refractivity contribution in [2.45, 2.75) is 25.2 Å². The Kier molecular flexibility index (Phi) is 7.98. The molecule has 3 rings (SSSR count). The first-order valence-electron chi connectivity index (χ1n) is 8.85. The lowest BCUT2D eigenvalue weighted by Crippen LogP contribution is -2.46. The molecule has 1 unspecified atom stereocenters. The molecule has 0 aliphatic carbocycles. The van der Waals surface area contributed by atoms with Crippen LogP contribution in [-0.2, 0) is 32.5 Å². The molecule has 30 heavy (non-hydrogen) atoms. The van der Waals surface area contributed by atoms with Crippen LogP contribution < -0.4 is 0 Å². The third-order valence-corrected chi connectivity index (χ3v) is 5.55. The first-order valence-corrected chi connectivity index (χ1v) is 10.7. The molecule has 1 saturated heterocycles. The number of hydrogen-bond donors (Lipinski definition) is 1. The van der Waals surface area contributed by atoms with Crippen molar-refractivity contribution in [3.63, 3.8) is 0 Å². The van der Waals surface area contributed by atoms with E-state index in [0.717, 1.165) is 6.26 Å². The van der Waals surface area contributed by atoms with Crippen LogP contribution in [0.2, 0.25) is 0 Å². The largest absolute Gasteiger partial charge is 0.483 e. The zero-order valence-electron chi connectivity index (χ0n) is 16.1. The van der Waals surface area contributed by atoms with Crippen molar-refractivity contribution < 1.29 is 36.2 Å². The van der Waals surface area contributed by atoms with Crippen molar-refractivity contribution in [2.24, 2.45) is 0 Å². The number of benzene rings is 1. The van der Waals surface area contributed by atoms with Gasteiger partial charge in [-0.1, -0.05) is 18.2 Å². The molecular formula is C18H22F3N3O5S. The van der Waals surface area contributed by atoms with Crippen LogP contribution >= 0.6 is 0 Å². The molecule has 1 fully saturated rings. The Balaban J connectivity index is 0.00000101. The van der Waals surface area contributed by atoms with E-state index in [0.29, 0.717) is 31.1 Å². The maximum absolute atomic E-state index is 12.6. The Hall–Kier alpha value is -2.44. The molecule has 1 N–H and O–H groups in total. The fourth-order valence-corrected chi connectivity index (χ4v) is 3.94. The third kappa shape index (κ3) is 7.11. The smallest absolute Gasteiger partial charge is 0.393 e. The molecule has 8 nitrogen and oxygen atoms in total. The van der Waals surface area contributed by atoms with Gasteiger partial charge < -0.3 is 14.4 Å². The molecule has 1 atom stereocenters. The van der Waals surface area contributed by atoms with Gasteiger partial charge in [-0.3, -0.25) is 4.79 Å². The van der Waals surface area contributed by atoms with Crippen molar-refractivity contribution in [1.29, 1.82) is 0 Å². The predicted octanol–water partition coefficient (Wildman–Crippen LogP) is 2.02. The zero-order chi connectivity index (χ0) is 22.4. The number of rotatable bonds is 5. The summed E-state index contributed by atoms with van der Waals surface area (Å²) in [5, 5.41) is 6.89. The summed E-state index contributed by atoms with van der Waals surface area (Å²) in [6, 6.07) is 6.16. The highest BCUT2D eigenvalue weighted by Gasteiger charge is 2.29. The van der Waals surface area contributed by atoms with E-state index in [2.05, 4.69) is 4.98 Å². The first kappa shape index (κ1) is 23.8. The fourth-order valence-electron chi connectivity index (χ4n) is 3.09. The van der Waals surface area contributed by atoms with Crippen molar-refractivity contribution in [1.82, 2.24) is 13.9 Å². The predicted molar refractivity (Wildman–Crippen MR) is 102 cm³/mol. The van der Waals surface area contributed by atoms with Gasteiger partial charge in [0.15, 0.2) is 0 Å². The summed E-state index contributed by atoms with van der Waals surface area (Å²) in [5.74, 6) is 0.513. The number of carboxylic acid groups (broad SMARTS) is 1. The minimum Gasteiger partial charge on any atom is -0.483 e. The number of sulfonamides is 1. The Morgan fingerprint density at radius 3 is 2.70 bits per heavy atom. The van der Waals surface area contributed by atoms with Crippen LogP contribution in [0.3, 0.4) is 0 Å². The van der Waals surface area contributed by atoms with Crippen molar-refractivity contribution in [2.75, 3.05) is 26.0 Å². The Morgan fingerprint density at radius 2 is 2.07 bits per heavy atom. The van der Waals surface area contributed by atoms with E-state index < -0.39 is 22.6 Å². The van der Waals surface area contributed by atoms with Gasteiger partial charge in [0, 0.05) is 31.0 Å². The van der Waals surface area contributed by atoms with Gasteiger partial charge in [-0.2, -0.15) is 17.5 Å². The highest BCUT2D eigenvalue weighted by molar-refractivity contribution is 7.88. The van der Waals surface area contributed by atoms with E-state index in [-0.39, 0.29) is 24.7 Å². The van der Waals surface area contributed by atoms with Gasteiger partial charge in [0.25, 0.3) is 6.47 Å². The number of ether oxygens (including phenoxy) is 1. The number of imidazole rings is 1. The van der Waals surface area contributed by atoms with Crippen LogP contribution in [0.25, 0.3) is 11.4 Å². The molecule has 1 aromatic heterocycles. The van der Waals surface area contributed by atoms with E-state index in [9.17, 15) is 21.6 Å². The average Bonchev–Trinajstić information content (AvgIpc) is 3.09. The summed E-state index contributed by atoms with van der Waals surface area (Å²) in [6.45, 7) is 0.934. The highest BCUT2D eigenvalue weighted by Crippen LogP contribution is 2.25. The first-order chi connectivity index (χ1) is 14.0. The van der Waals surface area contributed by atoms with E-state index in [1.807, 2.05) is 0 Å². The van der Waals surface area contributed by atoms with E-state index in [1.165, 1.54) is 16.4 Å². The van der Waals surface area contributed by atoms with E-state index in [1.54, 1.807) is 29.1 Å². The van der Waals surface area contributed by atoms with Gasteiger partial charge in [-0.15, -0.1) is 0 Å². The SMILES string of the molecule is CS(=O)(=O)N1CCOC(Cn2ccnc2-c2cccc(CC(F)(F)F)c2)C1.O=CO. The Bertz CT molecular complexity index is 947. The van der Waals surface area contributed by atoms with Crippen molar-refractivity contribution in [3.8, 4) is 11.4 Å². The van der Waals surface area contributed by atoms with E-state index >= 15 is 0 Å². The maximum atomic E-state index is 12.6. The highest BCUT2D eigenvalue weighted by atomic mass is 32.2. The van der Waals surface area contributed by atoms with Gasteiger partial charge in [0.05, 0.1) is 31.9 Å². The summed E-state index contributed by atoms with van der Waals surface area (Å²) in [7, 11) is -3.30. The third-order valence-electron chi connectivity index (χ3n) is 4.28. The lowest BCUT2D eigenvalue weighted by atomic mass is 10.1. The number of morpholine rings is 1. The lowest BCUT2D eigenvalue weighted by molar-refractivity contribution is -0.127. The molecule has 1 aliphatic heterocycles. The van der Waals surface area contributed by atoms with Crippen LogP contribution in [0.15, 0.2) is 36.7 Å². The van der Waals surface area contributed by atoms with Crippen LogP contribution in [0, 0.1) is 0 Å². The standard InChI is InChI=1S/C17H20F3N3O3S.CH2O2/c1-27(24,25)23-7-8-26-15(12-23)11-22-6-5-21-16(22)14-4-2-3-13(9-14)10-17(18,19)20;2-1-3/h2-6,9,15H,7-8,10-12H2,1H3;1H,(H,2,3). The van der Waals surface area contributed by atoms with Crippen LogP contribution in [0.4, 0.5) is 13.2 Å². The number of carbonyl (C=O) groups is 1. The van der Waals surface area contributed by atoms with Crippen LogP contribution in [0.5, 0.6) is 0 Å². The second-order valence-electron chi connectivity index (χ2n) is 6.61. The summed E-state index contributed by atoms with van der Waals surface area (Å²) >= 11 is 0. The second-order valence-corrected chi connectivity index (χ2v) is 8.60. The molecule has 1 aromatic carbocycles. The number of halogens is 3. The number of aromatic nitrogens is 2. The molecule has 0 spiro atoms. The number of hydrogen-bond acceptors (Lipinski definition) is 5. The van der Waals surface area contributed by atoms with Gasteiger partial charge in [-0.25, -0.2) is 13.4 Å². The van der Waals surface area contributed by atoms with Crippen molar-refractivity contribution in [3.05, 3.63) is 42.2 Å². The van der Waals surface area contributed by atoms with E-state index in [4.69, 9.17) is 14.6 Å². The molecule has 2 aromatic rings. The topological polar surface area (TPSA) is 102 Å². The number of nitrogens with zero attached hydrogens (tertiary/aromatic N) is 3.